The van der Waals surface area contributed by atoms with E-state index in [4.69, 9.17) is 8.83 Å². The van der Waals surface area contributed by atoms with Crippen LogP contribution < -0.4 is 0 Å². The van der Waals surface area contributed by atoms with E-state index in [0.717, 1.165) is 24.4 Å². The molecule has 3 aromatic heterocycles. The number of carbonyl (C=O) groups is 1. The number of nitrogens with zero attached hydrogens (tertiary/aromatic N) is 5. The second-order valence-corrected chi connectivity index (χ2v) is 6.78. The van der Waals surface area contributed by atoms with E-state index < -0.39 is 0 Å². The van der Waals surface area contributed by atoms with Crippen LogP contribution in [0.25, 0.3) is 0 Å². The molecule has 0 radical (unpaired) electrons. The predicted molar refractivity (Wildman–Crippen MR) is 88.5 cm³/mol. The van der Waals surface area contributed by atoms with Crippen LogP contribution in [0, 0.1) is 0 Å². The first-order valence-corrected chi connectivity index (χ1v) is 9.01. The number of furan rings is 2. The van der Waals surface area contributed by atoms with Crippen LogP contribution in [0.3, 0.4) is 0 Å². The maximum atomic E-state index is 12.7. The van der Waals surface area contributed by atoms with Gasteiger partial charge in [0.15, 0.2) is 0 Å². The number of amides is 1. The minimum absolute atomic E-state index is 0.0249. The Bertz CT molecular complexity index is 775. The minimum Gasteiger partial charge on any atom is -0.467 e. The molecule has 0 N–H and O–H groups in total. The van der Waals surface area contributed by atoms with Gasteiger partial charge in [-0.25, -0.2) is 4.68 Å². The average molecular weight is 359 g/mol. The van der Waals surface area contributed by atoms with Gasteiger partial charge in [-0.2, -0.15) is 0 Å². The van der Waals surface area contributed by atoms with Gasteiger partial charge in [0.1, 0.15) is 11.5 Å². The molecule has 1 amide bonds. The van der Waals surface area contributed by atoms with E-state index in [-0.39, 0.29) is 11.7 Å². The molecular weight excluding hydrogens is 342 g/mol. The third-order valence-electron chi connectivity index (χ3n) is 3.89. The number of rotatable bonds is 8. The van der Waals surface area contributed by atoms with Gasteiger partial charge in [-0.3, -0.25) is 4.79 Å². The monoisotopic (exact) mass is 359 g/mol. The van der Waals surface area contributed by atoms with Gasteiger partial charge in [-0.1, -0.05) is 11.8 Å². The van der Waals surface area contributed by atoms with E-state index >= 15 is 0 Å². The average Bonchev–Trinajstić information content (AvgIpc) is 3.04. The summed E-state index contributed by atoms with van der Waals surface area (Å²) in [5, 5.41) is 12.4. The van der Waals surface area contributed by atoms with Crippen LogP contribution in [0.15, 0.2) is 50.8 Å². The summed E-state index contributed by atoms with van der Waals surface area (Å²) < 4.78 is 12.6. The second kappa shape index (κ2) is 7.14. The largest absolute Gasteiger partial charge is 0.467 e. The minimum atomic E-state index is -0.0249. The first-order chi connectivity index (χ1) is 12.3. The highest BCUT2D eigenvalue weighted by atomic mass is 32.2. The summed E-state index contributed by atoms with van der Waals surface area (Å²) in [5.41, 5.74) is 0. The lowest BCUT2D eigenvalue weighted by Crippen LogP contribution is -2.31. The molecule has 1 saturated carbocycles. The number of thioether (sulfide) groups is 1. The van der Waals surface area contributed by atoms with Gasteiger partial charge in [-0.15, -0.1) is 5.10 Å². The van der Waals surface area contributed by atoms with Crippen LogP contribution in [-0.2, 0) is 17.9 Å². The van der Waals surface area contributed by atoms with Crippen molar-refractivity contribution in [1.29, 1.82) is 0 Å². The van der Waals surface area contributed by atoms with Crippen molar-refractivity contribution in [3.63, 3.8) is 0 Å². The Labute approximate surface area is 148 Å². The number of hydrogen-bond acceptors (Lipinski definition) is 7. The van der Waals surface area contributed by atoms with Crippen molar-refractivity contribution in [2.75, 3.05) is 5.75 Å². The van der Waals surface area contributed by atoms with E-state index in [1.54, 1.807) is 22.1 Å². The number of hydrogen-bond donors (Lipinski definition) is 0. The van der Waals surface area contributed by atoms with Crippen LogP contribution in [0.5, 0.6) is 0 Å². The van der Waals surface area contributed by atoms with Crippen LogP contribution in [0.1, 0.15) is 30.4 Å². The summed E-state index contributed by atoms with van der Waals surface area (Å²) in [6.07, 6.45) is 5.39. The fourth-order valence-electron chi connectivity index (χ4n) is 2.46. The summed E-state index contributed by atoms with van der Waals surface area (Å²) in [4.78, 5) is 14.4. The number of tetrazole rings is 1. The highest BCUT2D eigenvalue weighted by Gasteiger charge is 2.28. The lowest BCUT2D eigenvalue weighted by atomic mass is 10.3. The molecular formula is C16H17N5O3S. The van der Waals surface area contributed by atoms with Gasteiger partial charge < -0.3 is 13.7 Å². The fourth-order valence-corrected chi connectivity index (χ4v) is 3.31. The Hall–Kier alpha value is -2.55. The van der Waals surface area contributed by atoms with E-state index in [1.807, 2.05) is 24.3 Å². The van der Waals surface area contributed by atoms with Crippen LogP contribution in [0.4, 0.5) is 0 Å². The number of aromatic nitrogens is 4. The summed E-state index contributed by atoms with van der Waals surface area (Å²) in [6, 6.07) is 7.70. The molecule has 9 heteroatoms. The molecule has 4 rings (SSSR count). The van der Waals surface area contributed by atoms with Gasteiger partial charge in [-0.05, 0) is 47.5 Å². The van der Waals surface area contributed by atoms with Gasteiger partial charge in [0.05, 0.1) is 37.4 Å². The van der Waals surface area contributed by atoms with Crippen molar-refractivity contribution in [3.05, 3.63) is 48.3 Å². The maximum Gasteiger partial charge on any atom is 0.233 e. The smallest absolute Gasteiger partial charge is 0.233 e. The molecule has 0 aromatic carbocycles. The third-order valence-corrected chi connectivity index (χ3v) is 4.80. The molecule has 0 bridgehead atoms. The van der Waals surface area contributed by atoms with Crippen molar-refractivity contribution in [1.82, 2.24) is 25.1 Å². The Morgan fingerprint density at radius 3 is 2.44 bits per heavy atom. The SMILES string of the molecule is O=C(CSc1nnnn1C1CC1)N(Cc1ccco1)Cc1ccco1. The normalized spacial score (nSPS) is 13.9. The Morgan fingerprint density at radius 1 is 1.20 bits per heavy atom. The van der Waals surface area contributed by atoms with E-state index in [9.17, 15) is 4.79 Å². The van der Waals surface area contributed by atoms with Gasteiger partial charge >= 0.3 is 0 Å². The molecule has 8 nitrogen and oxygen atoms in total. The zero-order chi connectivity index (χ0) is 17.1. The standard InChI is InChI=1S/C16H17N5O3S/c22-15(11-25-16-17-18-19-21(16)12-5-6-12)20(9-13-3-1-7-23-13)10-14-4-2-8-24-14/h1-4,7-8,12H,5-6,9-11H2. The van der Waals surface area contributed by atoms with Crippen LogP contribution in [-0.4, -0.2) is 36.8 Å². The van der Waals surface area contributed by atoms with Crippen molar-refractivity contribution in [2.24, 2.45) is 0 Å². The van der Waals surface area contributed by atoms with Crippen molar-refractivity contribution in [2.45, 2.75) is 37.1 Å². The van der Waals surface area contributed by atoms with Gasteiger partial charge in [0.2, 0.25) is 11.1 Å². The Balaban J connectivity index is 1.42. The summed E-state index contributed by atoms with van der Waals surface area (Å²) in [6.45, 7) is 0.779. The lowest BCUT2D eigenvalue weighted by Gasteiger charge is -2.20. The molecule has 0 aliphatic heterocycles. The Morgan fingerprint density at radius 2 is 1.88 bits per heavy atom. The molecule has 1 aliphatic rings. The molecule has 130 valence electrons. The van der Waals surface area contributed by atoms with Gasteiger partial charge in [0.25, 0.3) is 0 Å². The zero-order valence-electron chi connectivity index (χ0n) is 13.4. The summed E-state index contributed by atoms with van der Waals surface area (Å²) >= 11 is 1.36. The number of carbonyl (C=O) groups excluding carboxylic acids is 1. The Kier molecular flexibility index (Phi) is 4.55. The highest BCUT2D eigenvalue weighted by molar-refractivity contribution is 7.99. The molecule has 3 heterocycles. The summed E-state index contributed by atoms with van der Waals surface area (Å²) in [7, 11) is 0. The molecule has 0 unspecified atom stereocenters. The zero-order valence-corrected chi connectivity index (χ0v) is 14.3. The molecule has 0 saturated heterocycles. The molecule has 1 aliphatic carbocycles. The molecule has 0 spiro atoms. The maximum absolute atomic E-state index is 12.7. The van der Waals surface area contributed by atoms with E-state index in [2.05, 4.69) is 15.5 Å². The van der Waals surface area contributed by atoms with E-state index in [0.29, 0.717) is 24.3 Å². The molecule has 25 heavy (non-hydrogen) atoms. The van der Waals surface area contributed by atoms with Crippen LogP contribution in [0.2, 0.25) is 0 Å². The lowest BCUT2D eigenvalue weighted by molar-refractivity contribution is -0.130. The second-order valence-electron chi connectivity index (χ2n) is 5.83. The topological polar surface area (TPSA) is 90.2 Å². The quantitative estimate of drug-likeness (QED) is 0.571. The van der Waals surface area contributed by atoms with Crippen molar-refractivity contribution in [3.8, 4) is 0 Å². The van der Waals surface area contributed by atoms with Gasteiger partial charge in [0, 0.05) is 0 Å². The molecule has 0 atom stereocenters. The van der Waals surface area contributed by atoms with E-state index in [1.165, 1.54) is 11.8 Å². The van der Waals surface area contributed by atoms with Crippen molar-refractivity contribution < 1.29 is 13.6 Å². The van der Waals surface area contributed by atoms with Crippen LogP contribution >= 0.6 is 11.8 Å². The first-order valence-electron chi connectivity index (χ1n) is 8.03. The molecule has 3 aromatic rings. The predicted octanol–water partition coefficient (Wildman–Crippen LogP) is 2.52. The third kappa shape index (κ3) is 3.93. The summed E-state index contributed by atoms with van der Waals surface area (Å²) in [5.74, 6) is 1.69. The highest BCUT2D eigenvalue weighted by Crippen LogP contribution is 2.36. The molecule has 1 fully saturated rings. The van der Waals surface area contributed by atoms with Crippen molar-refractivity contribution >= 4 is 17.7 Å². The fraction of sp³-hybridized carbons (Fsp3) is 0.375. The first kappa shape index (κ1) is 15.9.